The van der Waals surface area contributed by atoms with E-state index in [2.05, 4.69) is 81.5 Å². The van der Waals surface area contributed by atoms with Crippen LogP contribution in [0, 0.1) is 0 Å². The van der Waals surface area contributed by atoms with Gasteiger partial charge < -0.3 is 14.2 Å². The van der Waals surface area contributed by atoms with Crippen LogP contribution in [0.2, 0.25) is 0 Å². The molecular formula is C67H120O6. The molecule has 0 aliphatic heterocycles. The minimum Gasteiger partial charge on any atom is -0.462 e. The van der Waals surface area contributed by atoms with E-state index in [-0.39, 0.29) is 31.1 Å². The molecule has 0 bridgehead atoms. The second kappa shape index (κ2) is 61.7. The number of esters is 3. The van der Waals surface area contributed by atoms with Crippen molar-refractivity contribution >= 4 is 17.9 Å². The zero-order valence-corrected chi connectivity index (χ0v) is 48.7. The van der Waals surface area contributed by atoms with Gasteiger partial charge in [-0.25, -0.2) is 0 Å². The second-order valence-corrected chi connectivity index (χ2v) is 21.3. The third-order valence-electron chi connectivity index (χ3n) is 14.0. The normalized spacial score (nSPS) is 12.4. The van der Waals surface area contributed by atoms with Crippen LogP contribution in [0.15, 0.2) is 60.8 Å². The minimum atomic E-state index is -0.790. The van der Waals surface area contributed by atoms with Gasteiger partial charge in [0.2, 0.25) is 0 Å². The van der Waals surface area contributed by atoms with E-state index in [4.69, 9.17) is 14.2 Å². The van der Waals surface area contributed by atoms with Crippen molar-refractivity contribution in [2.24, 2.45) is 0 Å². The highest BCUT2D eigenvalue weighted by Crippen LogP contribution is 2.17. The zero-order valence-electron chi connectivity index (χ0n) is 48.7. The van der Waals surface area contributed by atoms with Gasteiger partial charge in [0, 0.05) is 19.3 Å². The summed E-state index contributed by atoms with van der Waals surface area (Å²) in [6.07, 6.45) is 78.1. The summed E-state index contributed by atoms with van der Waals surface area (Å²) in [5.74, 6) is -0.901. The monoisotopic (exact) mass is 1020 g/mol. The summed E-state index contributed by atoms with van der Waals surface area (Å²) in [5.41, 5.74) is 0. The van der Waals surface area contributed by atoms with Crippen molar-refractivity contribution in [1.29, 1.82) is 0 Å². The Labute approximate surface area is 453 Å². The van der Waals surface area contributed by atoms with Crippen LogP contribution in [0.5, 0.6) is 0 Å². The highest BCUT2D eigenvalue weighted by molar-refractivity contribution is 5.71. The first-order valence-electron chi connectivity index (χ1n) is 31.8. The van der Waals surface area contributed by atoms with Gasteiger partial charge in [0.25, 0.3) is 0 Å². The summed E-state index contributed by atoms with van der Waals surface area (Å²) >= 11 is 0. The number of hydrogen-bond donors (Lipinski definition) is 0. The van der Waals surface area contributed by atoms with Gasteiger partial charge in [-0.15, -0.1) is 0 Å². The Morgan fingerprint density at radius 3 is 0.863 bits per heavy atom. The minimum absolute atomic E-state index is 0.0840. The highest BCUT2D eigenvalue weighted by Gasteiger charge is 2.19. The van der Waals surface area contributed by atoms with Gasteiger partial charge in [-0.2, -0.15) is 0 Å². The summed E-state index contributed by atoms with van der Waals surface area (Å²) in [5, 5.41) is 0. The van der Waals surface area contributed by atoms with Crippen LogP contribution in [0.25, 0.3) is 0 Å². The van der Waals surface area contributed by atoms with Gasteiger partial charge in [-0.1, -0.05) is 287 Å². The number of carbonyl (C=O) groups is 3. The van der Waals surface area contributed by atoms with Crippen molar-refractivity contribution in [3.63, 3.8) is 0 Å². The molecule has 0 aromatic carbocycles. The average Bonchev–Trinajstić information content (AvgIpc) is 3.39. The molecule has 0 radical (unpaired) electrons. The van der Waals surface area contributed by atoms with Crippen LogP contribution in [-0.2, 0) is 28.6 Å². The number of unbranched alkanes of at least 4 members (excludes halogenated alkanes) is 37. The number of allylic oxidation sites excluding steroid dienone is 10. The molecule has 0 fully saturated rings. The summed E-state index contributed by atoms with van der Waals surface area (Å²) in [7, 11) is 0. The van der Waals surface area contributed by atoms with Crippen LogP contribution in [0.3, 0.4) is 0 Å². The molecule has 0 aliphatic rings. The number of rotatable bonds is 58. The summed E-state index contributed by atoms with van der Waals surface area (Å²) in [4.78, 5) is 38.2. The Kier molecular flexibility index (Phi) is 59.2. The van der Waals surface area contributed by atoms with Crippen LogP contribution in [-0.4, -0.2) is 37.2 Å². The molecule has 1 unspecified atom stereocenters. The second-order valence-electron chi connectivity index (χ2n) is 21.3. The smallest absolute Gasteiger partial charge is 0.306 e. The van der Waals surface area contributed by atoms with E-state index in [0.29, 0.717) is 19.3 Å². The molecule has 0 saturated heterocycles. The lowest BCUT2D eigenvalue weighted by atomic mass is 10.0. The molecule has 73 heavy (non-hydrogen) atoms. The Balaban J connectivity index is 4.28. The lowest BCUT2D eigenvalue weighted by molar-refractivity contribution is -0.167. The van der Waals surface area contributed by atoms with E-state index >= 15 is 0 Å². The first kappa shape index (κ1) is 70.1. The Bertz CT molecular complexity index is 1310. The molecule has 0 aliphatic carbocycles. The Morgan fingerprint density at radius 1 is 0.288 bits per heavy atom. The van der Waals surface area contributed by atoms with Gasteiger partial charge in [-0.05, 0) is 83.5 Å². The zero-order chi connectivity index (χ0) is 52.9. The van der Waals surface area contributed by atoms with Crippen LogP contribution in [0.1, 0.15) is 329 Å². The van der Waals surface area contributed by atoms with Crippen molar-refractivity contribution < 1.29 is 28.6 Å². The molecule has 6 nitrogen and oxygen atoms in total. The van der Waals surface area contributed by atoms with Crippen LogP contribution < -0.4 is 0 Å². The molecule has 0 amide bonds. The summed E-state index contributed by atoms with van der Waals surface area (Å²) < 4.78 is 16.9. The fourth-order valence-corrected chi connectivity index (χ4v) is 9.25. The lowest BCUT2D eigenvalue weighted by Crippen LogP contribution is -2.30. The van der Waals surface area contributed by atoms with Crippen molar-refractivity contribution in [1.82, 2.24) is 0 Å². The first-order chi connectivity index (χ1) is 36.0. The topological polar surface area (TPSA) is 78.9 Å². The van der Waals surface area contributed by atoms with Gasteiger partial charge in [-0.3, -0.25) is 14.4 Å². The SMILES string of the molecule is CC/C=C\C/C=C\C/C=C\C/C=C\CCCCCCC(=O)OC(COC(=O)CCCCCCC/C=C\CCCCCC)COC(=O)CCCCCCCCCCCCCCCCCCCCCCCCCCC. The molecule has 0 aromatic rings. The van der Waals surface area contributed by atoms with Crippen molar-refractivity contribution in [2.45, 2.75) is 335 Å². The highest BCUT2D eigenvalue weighted by atomic mass is 16.6. The van der Waals surface area contributed by atoms with Crippen molar-refractivity contribution in [3.05, 3.63) is 60.8 Å². The molecule has 0 N–H and O–H groups in total. The van der Waals surface area contributed by atoms with Crippen molar-refractivity contribution in [3.8, 4) is 0 Å². The maximum Gasteiger partial charge on any atom is 0.306 e. The molecule has 424 valence electrons. The predicted molar refractivity (Wildman–Crippen MR) is 316 cm³/mol. The quantitative estimate of drug-likeness (QED) is 0.0261. The van der Waals surface area contributed by atoms with E-state index in [1.165, 1.54) is 186 Å². The van der Waals surface area contributed by atoms with Gasteiger partial charge in [0.05, 0.1) is 0 Å². The van der Waals surface area contributed by atoms with Gasteiger partial charge in [0.15, 0.2) is 6.10 Å². The fraction of sp³-hybridized carbons (Fsp3) is 0.806. The Hall–Kier alpha value is -2.89. The maximum atomic E-state index is 12.9. The van der Waals surface area contributed by atoms with Gasteiger partial charge in [0.1, 0.15) is 13.2 Å². The molecule has 0 rings (SSSR count). The molecule has 1 atom stereocenters. The fourth-order valence-electron chi connectivity index (χ4n) is 9.25. The predicted octanol–water partition coefficient (Wildman–Crippen LogP) is 21.6. The molecule has 0 saturated carbocycles. The molecule has 6 heteroatoms. The Morgan fingerprint density at radius 2 is 0.534 bits per heavy atom. The van der Waals surface area contributed by atoms with E-state index in [9.17, 15) is 14.4 Å². The lowest BCUT2D eigenvalue weighted by Gasteiger charge is -2.18. The van der Waals surface area contributed by atoms with E-state index in [1.807, 2.05) is 0 Å². The van der Waals surface area contributed by atoms with E-state index < -0.39 is 6.10 Å². The molecule has 0 spiro atoms. The summed E-state index contributed by atoms with van der Waals surface area (Å²) in [6.45, 7) is 6.53. The molecule has 0 aromatic heterocycles. The third kappa shape index (κ3) is 59.9. The van der Waals surface area contributed by atoms with E-state index in [1.54, 1.807) is 0 Å². The molecule has 0 heterocycles. The van der Waals surface area contributed by atoms with Gasteiger partial charge >= 0.3 is 17.9 Å². The standard InChI is InChI=1S/C67H120O6/c1-4-7-10-13-16-19-22-25-27-29-30-31-32-33-34-35-36-38-39-42-45-48-51-54-57-60-66(69)72-63-64(62-71-65(68)59-56-53-50-47-44-41-24-21-18-15-12-9-6-3)73-67(70)61-58-55-52-49-46-43-40-37-28-26-23-20-17-14-11-8-5-2/h8,11,17,20-21,24,26,28,40,43,64H,4-7,9-10,12-16,18-19,22-23,25,27,29-39,41-42,44-63H2,1-3H3/b11-8-,20-17-,24-21-,28-26-,43-40-. The summed E-state index contributed by atoms with van der Waals surface area (Å²) in [6, 6.07) is 0. The van der Waals surface area contributed by atoms with Crippen molar-refractivity contribution in [2.75, 3.05) is 13.2 Å². The van der Waals surface area contributed by atoms with Crippen LogP contribution in [0.4, 0.5) is 0 Å². The first-order valence-corrected chi connectivity index (χ1v) is 31.8. The maximum absolute atomic E-state index is 12.9. The molecular weight excluding hydrogens is 901 g/mol. The average molecular weight is 1020 g/mol. The number of hydrogen-bond acceptors (Lipinski definition) is 6. The van der Waals surface area contributed by atoms with E-state index in [0.717, 1.165) is 103 Å². The number of carbonyl (C=O) groups excluding carboxylic acids is 3. The largest absolute Gasteiger partial charge is 0.462 e. The third-order valence-corrected chi connectivity index (χ3v) is 14.0. The number of ether oxygens (including phenoxy) is 3. The van der Waals surface area contributed by atoms with Crippen LogP contribution >= 0.6 is 0 Å².